The van der Waals surface area contributed by atoms with Crippen molar-refractivity contribution in [2.75, 3.05) is 45.9 Å². The third-order valence-electron chi connectivity index (χ3n) is 5.88. The largest absolute Gasteiger partial charge is 0.379 e. The number of hydrogen-bond donors (Lipinski definition) is 2. The highest BCUT2D eigenvalue weighted by molar-refractivity contribution is 14.0. The van der Waals surface area contributed by atoms with E-state index in [0.29, 0.717) is 0 Å². The number of morpholine rings is 1. The van der Waals surface area contributed by atoms with E-state index in [2.05, 4.69) is 22.5 Å². The average molecular weight is 464 g/mol. The monoisotopic (exact) mass is 464 g/mol. The standard InChI is InChI=1S/C19H36N4O.HI/c1-2-20-18(21-11-8-17-6-7-17)22-16-19(9-4-3-5-10-19)23-12-14-24-15-13-23;/h17H,2-16H2,1H3,(H2,20,21,22);1H. The lowest BCUT2D eigenvalue weighted by Crippen LogP contribution is -2.56. The fraction of sp³-hybridized carbons (Fsp3) is 0.947. The van der Waals surface area contributed by atoms with Gasteiger partial charge in [-0.05, 0) is 32.1 Å². The van der Waals surface area contributed by atoms with Gasteiger partial charge in [-0.15, -0.1) is 24.0 Å². The number of hydrogen-bond acceptors (Lipinski definition) is 3. The van der Waals surface area contributed by atoms with Gasteiger partial charge in [0.05, 0.1) is 19.8 Å². The molecule has 0 aromatic heterocycles. The molecule has 146 valence electrons. The van der Waals surface area contributed by atoms with E-state index in [1.807, 2.05) is 0 Å². The van der Waals surface area contributed by atoms with E-state index >= 15 is 0 Å². The quantitative estimate of drug-likeness (QED) is 0.346. The van der Waals surface area contributed by atoms with Crippen molar-refractivity contribution in [1.29, 1.82) is 0 Å². The van der Waals surface area contributed by atoms with E-state index in [9.17, 15) is 0 Å². The fourth-order valence-electron chi connectivity index (χ4n) is 4.19. The van der Waals surface area contributed by atoms with Crippen LogP contribution in [0, 0.1) is 5.92 Å². The summed E-state index contributed by atoms with van der Waals surface area (Å²) >= 11 is 0. The lowest BCUT2D eigenvalue weighted by molar-refractivity contribution is -0.0333. The van der Waals surface area contributed by atoms with E-state index in [4.69, 9.17) is 9.73 Å². The summed E-state index contributed by atoms with van der Waals surface area (Å²) in [5.41, 5.74) is 0.265. The molecule has 0 atom stereocenters. The number of nitrogens with zero attached hydrogens (tertiary/aromatic N) is 2. The number of halogens is 1. The molecule has 0 aromatic rings. The van der Waals surface area contributed by atoms with E-state index in [1.54, 1.807) is 0 Å². The molecule has 0 unspecified atom stereocenters. The van der Waals surface area contributed by atoms with Gasteiger partial charge >= 0.3 is 0 Å². The Morgan fingerprint density at radius 2 is 1.84 bits per heavy atom. The molecule has 0 bridgehead atoms. The van der Waals surface area contributed by atoms with Gasteiger partial charge in [0.15, 0.2) is 5.96 Å². The van der Waals surface area contributed by atoms with Crippen LogP contribution in [0.1, 0.15) is 58.3 Å². The van der Waals surface area contributed by atoms with Gasteiger partial charge in [-0.25, -0.2) is 0 Å². The number of guanidine groups is 1. The molecule has 1 aliphatic heterocycles. The predicted octanol–water partition coefficient (Wildman–Crippen LogP) is 2.99. The van der Waals surface area contributed by atoms with Crippen molar-refractivity contribution in [3.63, 3.8) is 0 Å². The molecular weight excluding hydrogens is 427 g/mol. The van der Waals surface area contributed by atoms with Crippen LogP contribution in [0.2, 0.25) is 0 Å². The maximum Gasteiger partial charge on any atom is 0.191 e. The van der Waals surface area contributed by atoms with Crippen LogP contribution in [0.3, 0.4) is 0 Å². The molecule has 2 N–H and O–H groups in total. The van der Waals surface area contributed by atoms with E-state index in [-0.39, 0.29) is 29.5 Å². The predicted molar refractivity (Wildman–Crippen MR) is 115 cm³/mol. The molecule has 1 heterocycles. The molecule has 0 spiro atoms. The molecule has 3 rings (SSSR count). The van der Waals surface area contributed by atoms with Crippen molar-refractivity contribution in [3.8, 4) is 0 Å². The van der Waals surface area contributed by atoms with E-state index in [1.165, 1.54) is 51.4 Å². The third kappa shape index (κ3) is 6.54. The Morgan fingerprint density at radius 3 is 2.48 bits per heavy atom. The number of nitrogens with one attached hydrogen (secondary N) is 2. The Morgan fingerprint density at radius 1 is 1.12 bits per heavy atom. The van der Waals surface area contributed by atoms with Gasteiger partial charge in [0.1, 0.15) is 0 Å². The van der Waals surface area contributed by atoms with Gasteiger partial charge in [0.2, 0.25) is 0 Å². The summed E-state index contributed by atoms with van der Waals surface area (Å²) in [6, 6.07) is 0. The van der Waals surface area contributed by atoms with Gasteiger partial charge in [0.25, 0.3) is 0 Å². The zero-order valence-corrected chi connectivity index (χ0v) is 18.2. The van der Waals surface area contributed by atoms with Crippen LogP contribution in [0.25, 0.3) is 0 Å². The Labute approximate surface area is 170 Å². The Hall–Kier alpha value is -0.0800. The topological polar surface area (TPSA) is 48.9 Å². The summed E-state index contributed by atoms with van der Waals surface area (Å²) in [6.45, 7) is 8.96. The minimum atomic E-state index is 0. The zero-order valence-electron chi connectivity index (χ0n) is 15.9. The van der Waals surface area contributed by atoms with Crippen molar-refractivity contribution in [3.05, 3.63) is 0 Å². The first-order chi connectivity index (χ1) is 11.8. The zero-order chi connectivity index (χ0) is 16.7. The SMILES string of the molecule is CCNC(=NCC1(N2CCOCC2)CCCCC1)NCCC1CC1.I. The number of rotatable bonds is 7. The average Bonchev–Trinajstić information content (AvgIpc) is 3.46. The second-order valence-electron chi connectivity index (χ2n) is 7.74. The van der Waals surface area contributed by atoms with Gasteiger partial charge in [-0.2, -0.15) is 0 Å². The first-order valence-electron chi connectivity index (χ1n) is 10.2. The second-order valence-corrected chi connectivity index (χ2v) is 7.74. The smallest absolute Gasteiger partial charge is 0.191 e. The van der Waals surface area contributed by atoms with Crippen LogP contribution in [0.15, 0.2) is 4.99 Å². The molecule has 0 radical (unpaired) electrons. The van der Waals surface area contributed by atoms with Crippen molar-refractivity contribution in [2.24, 2.45) is 10.9 Å². The number of ether oxygens (including phenoxy) is 1. The van der Waals surface area contributed by atoms with Crippen LogP contribution >= 0.6 is 24.0 Å². The Bertz CT molecular complexity index is 402. The van der Waals surface area contributed by atoms with Crippen molar-refractivity contribution in [2.45, 2.75) is 63.8 Å². The lowest BCUT2D eigenvalue weighted by atomic mass is 9.80. The molecular formula is C19H37IN4O. The molecule has 0 amide bonds. The second kappa shape index (κ2) is 10.9. The summed E-state index contributed by atoms with van der Waals surface area (Å²) in [4.78, 5) is 7.69. The van der Waals surface area contributed by atoms with Crippen molar-refractivity contribution < 1.29 is 4.74 Å². The summed E-state index contributed by atoms with van der Waals surface area (Å²) in [7, 11) is 0. The van der Waals surface area contributed by atoms with Crippen molar-refractivity contribution >= 4 is 29.9 Å². The lowest BCUT2D eigenvalue weighted by Gasteiger charge is -2.47. The number of aliphatic imine (C=N–C) groups is 1. The maximum atomic E-state index is 5.58. The molecule has 0 aromatic carbocycles. The summed E-state index contributed by atoms with van der Waals surface area (Å²) < 4.78 is 5.58. The van der Waals surface area contributed by atoms with Gasteiger partial charge in [0, 0.05) is 31.7 Å². The van der Waals surface area contributed by atoms with Gasteiger partial charge in [-0.3, -0.25) is 9.89 Å². The fourth-order valence-corrected chi connectivity index (χ4v) is 4.19. The van der Waals surface area contributed by atoms with Crippen LogP contribution in [-0.4, -0.2) is 62.3 Å². The highest BCUT2D eigenvalue weighted by Gasteiger charge is 2.38. The molecule has 1 saturated heterocycles. The summed E-state index contributed by atoms with van der Waals surface area (Å²) in [6.07, 6.45) is 10.8. The summed E-state index contributed by atoms with van der Waals surface area (Å²) in [5, 5.41) is 6.98. The van der Waals surface area contributed by atoms with Crippen LogP contribution in [-0.2, 0) is 4.74 Å². The molecule has 25 heavy (non-hydrogen) atoms. The Balaban J connectivity index is 0.00000225. The van der Waals surface area contributed by atoms with E-state index in [0.717, 1.165) is 57.8 Å². The molecule has 2 saturated carbocycles. The minimum absolute atomic E-state index is 0. The van der Waals surface area contributed by atoms with Crippen LogP contribution < -0.4 is 10.6 Å². The van der Waals surface area contributed by atoms with Crippen molar-refractivity contribution in [1.82, 2.24) is 15.5 Å². The van der Waals surface area contributed by atoms with E-state index < -0.39 is 0 Å². The summed E-state index contributed by atoms with van der Waals surface area (Å²) in [5.74, 6) is 1.98. The molecule has 2 aliphatic carbocycles. The molecule has 3 aliphatic rings. The van der Waals surface area contributed by atoms with Gasteiger partial charge in [-0.1, -0.05) is 32.1 Å². The molecule has 3 fully saturated rings. The highest BCUT2D eigenvalue weighted by atomic mass is 127. The van der Waals surface area contributed by atoms with Crippen LogP contribution in [0.5, 0.6) is 0 Å². The van der Waals surface area contributed by atoms with Crippen LogP contribution in [0.4, 0.5) is 0 Å². The van der Waals surface area contributed by atoms with Gasteiger partial charge < -0.3 is 15.4 Å². The first-order valence-corrected chi connectivity index (χ1v) is 10.2. The minimum Gasteiger partial charge on any atom is -0.379 e. The Kier molecular flexibility index (Phi) is 9.27. The maximum absolute atomic E-state index is 5.58. The third-order valence-corrected chi connectivity index (χ3v) is 5.88. The molecule has 5 nitrogen and oxygen atoms in total. The first kappa shape index (κ1) is 21.2. The molecule has 6 heteroatoms. The highest BCUT2D eigenvalue weighted by Crippen LogP contribution is 2.34. The normalized spacial score (nSPS) is 24.4.